The van der Waals surface area contributed by atoms with Gasteiger partial charge in [-0.2, -0.15) is 11.8 Å². The zero-order valence-electron chi connectivity index (χ0n) is 9.79. The average molecular weight is 335 g/mol. The van der Waals surface area contributed by atoms with E-state index in [9.17, 15) is 8.78 Å². The number of nitrogens with zero attached hydrogens (tertiary/aromatic N) is 1. The van der Waals surface area contributed by atoms with E-state index in [1.54, 1.807) is 17.8 Å². The van der Waals surface area contributed by atoms with Crippen molar-refractivity contribution >= 4 is 33.5 Å². The van der Waals surface area contributed by atoms with Gasteiger partial charge >= 0.3 is 0 Å². The van der Waals surface area contributed by atoms with Crippen molar-refractivity contribution in [2.24, 2.45) is 10.7 Å². The second kappa shape index (κ2) is 5.57. The number of rotatable bonds is 2. The highest BCUT2D eigenvalue weighted by Gasteiger charge is 2.26. The first-order chi connectivity index (χ1) is 8.52. The van der Waals surface area contributed by atoms with Gasteiger partial charge in [-0.15, -0.1) is 0 Å². The molecule has 2 N–H and O–H groups in total. The summed E-state index contributed by atoms with van der Waals surface area (Å²) in [5.74, 6) is -1.18. The molecule has 0 radical (unpaired) electrons. The lowest BCUT2D eigenvalue weighted by Crippen LogP contribution is -2.31. The maximum Gasteiger partial charge on any atom is 0.164 e. The largest absolute Gasteiger partial charge is 0.387 e. The van der Waals surface area contributed by atoms with Gasteiger partial charge in [-0.1, -0.05) is 15.9 Å². The number of hydrogen-bond donors (Lipinski definition) is 1. The number of halogens is 3. The molecule has 2 rings (SSSR count). The fourth-order valence-electron chi connectivity index (χ4n) is 2.07. The van der Waals surface area contributed by atoms with E-state index in [-0.39, 0.29) is 16.9 Å². The highest BCUT2D eigenvalue weighted by atomic mass is 79.9. The Labute approximate surface area is 117 Å². The van der Waals surface area contributed by atoms with Crippen molar-refractivity contribution in [3.8, 4) is 0 Å². The van der Waals surface area contributed by atoms with Crippen LogP contribution in [0, 0.1) is 11.6 Å². The fraction of sp³-hybridized carbons (Fsp3) is 0.417. The van der Waals surface area contributed by atoms with Gasteiger partial charge in [-0.3, -0.25) is 4.99 Å². The van der Waals surface area contributed by atoms with E-state index in [0.717, 1.165) is 12.5 Å². The molecular formula is C12H13BrF2N2S. The van der Waals surface area contributed by atoms with Crippen LogP contribution in [0.5, 0.6) is 0 Å². The predicted molar refractivity (Wildman–Crippen MR) is 75.0 cm³/mol. The van der Waals surface area contributed by atoms with Crippen LogP contribution in [0.25, 0.3) is 0 Å². The zero-order valence-corrected chi connectivity index (χ0v) is 12.2. The third-order valence-electron chi connectivity index (χ3n) is 3.00. The van der Waals surface area contributed by atoms with Crippen molar-refractivity contribution in [3.05, 3.63) is 33.8 Å². The van der Waals surface area contributed by atoms with Gasteiger partial charge in [0.05, 0.1) is 11.3 Å². The number of hydrogen-bond acceptors (Lipinski definition) is 3. The normalized spacial score (nSPS) is 23.9. The predicted octanol–water partition coefficient (Wildman–Crippen LogP) is 3.65. The quantitative estimate of drug-likeness (QED) is 0.838. The molecule has 98 valence electrons. The summed E-state index contributed by atoms with van der Waals surface area (Å²) in [4.78, 5) is 4.29. The summed E-state index contributed by atoms with van der Waals surface area (Å²) >= 11 is 4.79. The topological polar surface area (TPSA) is 38.4 Å². The molecule has 0 fully saturated rings. The van der Waals surface area contributed by atoms with E-state index >= 15 is 0 Å². The van der Waals surface area contributed by atoms with Crippen LogP contribution >= 0.6 is 27.7 Å². The minimum absolute atomic E-state index is 0.182. The number of benzene rings is 1. The molecule has 1 aliphatic rings. The van der Waals surface area contributed by atoms with Crippen molar-refractivity contribution in [2.75, 3.05) is 6.26 Å². The van der Waals surface area contributed by atoms with Crippen LogP contribution in [0.2, 0.25) is 0 Å². The molecule has 1 heterocycles. The Bertz CT molecular complexity index is 493. The third-order valence-corrected chi connectivity index (χ3v) is 4.51. The zero-order chi connectivity index (χ0) is 13.3. The Morgan fingerprint density at radius 1 is 1.39 bits per heavy atom. The number of aliphatic imine (C=N–C) groups is 1. The summed E-state index contributed by atoms with van der Waals surface area (Å²) in [6.07, 6.45) is 3.47. The van der Waals surface area contributed by atoms with Crippen molar-refractivity contribution in [2.45, 2.75) is 24.1 Å². The first kappa shape index (κ1) is 13.8. The Morgan fingerprint density at radius 3 is 2.72 bits per heavy atom. The Morgan fingerprint density at radius 2 is 2.11 bits per heavy atom. The van der Waals surface area contributed by atoms with Crippen LogP contribution < -0.4 is 5.73 Å². The van der Waals surface area contributed by atoms with Gasteiger partial charge < -0.3 is 5.73 Å². The van der Waals surface area contributed by atoms with Crippen LogP contribution in [-0.2, 0) is 0 Å². The van der Waals surface area contributed by atoms with Gasteiger partial charge in [0.15, 0.2) is 11.6 Å². The van der Waals surface area contributed by atoms with E-state index in [4.69, 9.17) is 5.73 Å². The molecular weight excluding hydrogens is 322 g/mol. The highest BCUT2D eigenvalue weighted by Crippen LogP contribution is 2.34. The number of nitrogens with two attached hydrogens (primary N) is 1. The molecule has 0 spiro atoms. The molecule has 1 aromatic rings. The lowest BCUT2D eigenvalue weighted by Gasteiger charge is -2.25. The van der Waals surface area contributed by atoms with Gasteiger partial charge in [0.25, 0.3) is 0 Å². The molecule has 1 aromatic carbocycles. The lowest BCUT2D eigenvalue weighted by atomic mass is 9.98. The summed E-state index contributed by atoms with van der Waals surface area (Å²) in [6, 6.07) is 2.29. The van der Waals surface area contributed by atoms with Crippen LogP contribution in [0.1, 0.15) is 24.4 Å². The number of thioether (sulfide) groups is 1. The molecule has 0 aliphatic carbocycles. The molecule has 2 atom stereocenters. The van der Waals surface area contributed by atoms with E-state index in [2.05, 4.69) is 20.9 Å². The molecule has 0 amide bonds. The van der Waals surface area contributed by atoms with Gasteiger partial charge in [0, 0.05) is 10.0 Å². The maximum atomic E-state index is 13.8. The van der Waals surface area contributed by atoms with Crippen LogP contribution in [0.15, 0.2) is 21.6 Å². The van der Waals surface area contributed by atoms with E-state index in [1.807, 2.05) is 6.26 Å². The molecule has 0 bridgehead atoms. The SMILES string of the molecule is CSC1CCC(c2cc(Br)cc(F)c2F)N=C1N. The Kier molecular flexibility index (Phi) is 4.27. The molecule has 0 saturated heterocycles. The second-order valence-electron chi connectivity index (χ2n) is 4.16. The monoisotopic (exact) mass is 334 g/mol. The summed E-state index contributed by atoms with van der Waals surface area (Å²) < 4.78 is 27.6. The van der Waals surface area contributed by atoms with Crippen molar-refractivity contribution in [1.82, 2.24) is 0 Å². The van der Waals surface area contributed by atoms with Crippen molar-refractivity contribution in [1.29, 1.82) is 0 Å². The highest BCUT2D eigenvalue weighted by molar-refractivity contribution is 9.10. The molecule has 0 aromatic heterocycles. The third kappa shape index (κ3) is 2.69. The standard InChI is InChI=1S/C12H13BrF2N2S/c1-18-10-3-2-9(17-12(10)16)7-4-6(13)5-8(14)11(7)15/h4-5,9-10H,2-3H2,1H3,(H2,16,17). The van der Waals surface area contributed by atoms with Gasteiger partial charge in [-0.05, 0) is 31.2 Å². The van der Waals surface area contributed by atoms with Crippen LogP contribution in [-0.4, -0.2) is 17.3 Å². The Hall–Kier alpha value is -0.620. The minimum Gasteiger partial charge on any atom is -0.387 e. The van der Waals surface area contributed by atoms with E-state index in [0.29, 0.717) is 16.7 Å². The number of amidine groups is 1. The maximum absolute atomic E-state index is 13.8. The average Bonchev–Trinajstić information content (AvgIpc) is 2.33. The van der Waals surface area contributed by atoms with Crippen molar-refractivity contribution in [3.63, 3.8) is 0 Å². The molecule has 18 heavy (non-hydrogen) atoms. The summed E-state index contributed by atoms with van der Waals surface area (Å²) in [6.45, 7) is 0. The van der Waals surface area contributed by atoms with Gasteiger partial charge in [-0.25, -0.2) is 8.78 Å². The second-order valence-corrected chi connectivity index (χ2v) is 6.12. The minimum atomic E-state index is -0.861. The molecule has 1 aliphatic heterocycles. The molecule has 2 unspecified atom stereocenters. The first-order valence-corrected chi connectivity index (χ1v) is 7.61. The smallest absolute Gasteiger partial charge is 0.164 e. The van der Waals surface area contributed by atoms with Gasteiger partial charge in [0.2, 0.25) is 0 Å². The van der Waals surface area contributed by atoms with E-state index < -0.39 is 11.6 Å². The first-order valence-electron chi connectivity index (χ1n) is 5.53. The van der Waals surface area contributed by atoms with Crippen LogP contribution in [0.3, 0.4) is 0 Å². The van der Waals surface area contributed by atoms with Crippen molar-refractivity contribution < 1.29 is 8.78 Å². The fourth-order valence-corrected chi connectivity index (χ4v) is 3.19. The van der Waals surface area contributed by atoms with Crippen LogP contribution in [0.4, 0.5) is 8.78 Å². The molecule has 6 heteroatoms. The van der Waals surface area contributed by atoms with E-state index in [1.165, 1.54) is 0 Å². The Balaban J connectivity index is 2.36. The van der Waals surface area contributed by atoms with Gasteiger partial charge in [0.1, 0.15) is 5.84 Å². The summed E-state index contributed by atoms with van der Waals surface area (Å²) in [7, 11) is 0. The summed E-state index contributed by atoms with van der Waals surface area (Å²) in [5.41, 5.74) is 6.11. The molecule has 0 saturated carbocycles. The lowest BCUT2D eigenvalue weighted by molar-refractivity contribution is 0.478. The summed E-state index contributed by atoms with van der Waals surface area (Å²) in [5, 5.41) is 0.182. The molecule has 2 nitrogen and oxygen atoms in total.